The number of carbonyl (C=O) groups is 1. The van der Waals surface area contributed by atoms with Gasteiger partial charge in [-0.1, -0.05) is 25.2 Å². The van der Waals surface area contributed by atoms with E-state index in [1.807, 2.05) is 13.8 Å². The summed E-state index contributed by atoms with van der Waals surface area (Å²) in [5, 5.41) is 9.27. The van der Waals surface area contributed by atoms with E-state index < -0.39 is 12.1 Å². The van der Waals surface area contributed by atoms with Gasteiger partial charge in [-0.3, -0.25) is 10.1 Å². The SMILES string of the molecule is CC(C)Cc1nnc(NC(=O)C(F)(F)F)s1. The van der Waals surface area contributed by atoms with Gasteiger partial charge in [0.2, 0.25) is 5.13 Å². The number of anilines is 1. The molecule has 8 heteroatoms. The number of halogens is 3. The van der Waals surface area contributed by atoms with Crippen LogP contribution in [0.25, 0.3) is 0 Å². The third-order valence-corrected chi connectivity index (χ3v) is 2.39. The first-order chi connectivity index (χ1) is 7.29. The fourth-order valence-corrected chi connectivity index (χ4v) is 1.85. The second-order valence-electron chi connectivity index (χ2n) is 3.55. The average Bonchev–Trinajstić information content (AvgIpc) is 2.49. The Morgan fingerprint density at radius 1 is 1.44 bits per heavy atom. The maximum absolute atomic E-state index is 11.9. The van der Waals surface area contributed by atoms with Crippen LogP contribution in [0, 0.1) is 5.92 Å². The molecule has 90 valence electrons. The van der Waals surface area contributed by atoms with E-state index in [4.69, 9.17) is 0 Å². The van der Waals surface area contributed by atoms with E-state index in [2.05, 4.69) is 10.2 Å². The van der Waals surface area contributed by atoms with Crippen molar-refractivity contribution in [2.45, 2.75) is 26.4 Å². The minimum absolute atomic E-state index is 0.127. The number of hydrogen-bond donors (Lipinski definition) is 1. The quantitative estimate of drug-likeness (QED) is 0.898. The van der Waals surface area contributed by atoms with Crippen molar-refractivity contribution in [2.75, 3.05) is 5.32 Å². The Morgan fingerprint density at radius 2 is 2.06 bits per heavy atom. The van der Waals surface area contributed by atoms with E-state index >= 15 is 0 Å². The molecule has 0 spiro atoms. The first-order valence-corrected chi connectivity index (χ1v) is 5.31. The Bertz CT molecular complexity index is 375. The van der Waals surface area contributed by atoms with Crippen molar-refractivity contribution in [3.8, 4) is 0 Å². The zero-order chi connectivity index (χ0) is 12.3. The monoisotopic (exact) mass is 253 g/mol. The first kappa shape index (κ1) is 12.9. The lowest BCUT2D eigenvalue weighted by atomic mass is 10.1. The van der Waals surface area contributed by atoms with Crippen molar-refractivity contribution in [3.63, 3.8) is 0 Å². The number of hydrogen-bond acceptors (Lipinski definition) is 4. The summed E-state index contributed by atoms with van der Waals surface area (Å²) in [6.45, 7) is 3.91. The van der Waals surface area contributed by atoms with Crippen LogP contribution in [0.15, 0.2) is 0 Å². The van der Waals surface area contributed by atoms with Gasteiger partial charge in [0.1, 0.15) is 5.01 Å². The van der Waals surface area contributed by atoms with Crippen molar-refractivity contribution in [1.82, 2.24) is 10.2 Å². The lowest BCUT2D eigenvalue weighted by Crippen LogP contribution is -2.29. The van der Waals surface area contributed by atoms with Gasteiger partial charge in [-0.25, -0.2) is 0 Å². The number of aromatic nitrogens is 2. The minimum Gasteiger partial charge on any atom is -0.293 e. The molecule has 1 aromatic heterocycles. The highest BCUT2D eigenvalue weighted by atomic mass is 32.1. The van der Waals surface area contributed by atoms with Crippen LogP contribution < -0.4 is 5.32 Å². The Kier molecular flexibility index (Phi) is 3.84. The Morgan fingerprint density at radius 3 is 2.56 bits per heavy atom. The van der Waals surface area contributed by atoms with Crippen LogP contribution in [0.1, 0.15) is 18.9 Å². The molecular formula is C8H10F3N3OS. The number of amides is 1. The maximum atomic E-state index is 11.9. The second-order valence-corrected chi connectivity index (χ2v) is 4.61. The third kappa shape index (κ3) is 3.76. The number of carbonyl (C=O) groups excluding carboxylic acids is 1. The van der Waals surface area contributed by atoms with E-state index in [0.717, 1.165) is 11.3 Å². The molecule has 0 saturated carbocycles. The van der Waals surface area contributed by atoms with Gasteiger partial charge in [0, 0.05) is 6.42 Å². The topological polar surface area (TPSA) is 54.9 Å². The fourth-order valence-electron chi connectivity index (χ4n) is 0.904. The molecule has 1 aromatic rings. The summed E-state index contributed by atoms with van der Waals surface area (Å²) in [5.74, 6) is -1.70. The van der Waals surface area contributed by atoms with Crippen molar-refractivity contribution in [1.29, 1.82) is 0 Å². The molecule has 0 aliphatic carbocycles. The molecule has 0 radical (unpaired) electrons. The minimum atomic E-state index is -4.90. The highest BCUT2D eigenvalue weighted by Crippen LogP contribution is 2.21. The highest BCUT2D eigenvalue weighted by molar-refractivity contribution is 7.15. The molecule has 0 aliphatic heterocycles. The smallest absolute Gasteiger partial charge is 0.293 e. The molecule has 0 fully saturated rings. The number of nitrogens with one attached hydrogen (secondary N) is 1. The van der Waals surface area contributed by atoms with Crippen LogP contribution >= 0.6 is 11.3 Å². The molecule has 1 rings (SSSR count). The summed E-state index contributed by atoms with van der Waals surface area (Å²) in [6, 6.07) is 0. The molecule has 16 heavy (non-hydrogen) atoms. The van der Waals surface area contributed by atoms with Crippen molar-refractivity contribution < 1.29 is 18.0 Å². The van der Waals surface area contributed by atoms with E-state index in [-0.39, 0.29) is 5.13 Å². The van der Waals surface area contributed by atoms with Gasteiger partial charge < -0.3 is 0 Å². The van der Waals surface area contributed by atoms with Crippen LogP contribution in [0.5, 0.6) is 0 Å². The van der Waals surface area contributed by atoms with Gasteiger partial charge in [-0.15, -0.1) is 10.2 Å². The molecule has 4 nitrogen and oxygen atoms in total. The normalized spacial score (nSPS) is 11.9. The third-order valence-electron chi connectivity index (χ3n) is 1.53. The lowest BCUT2D eigenvalue weighted by molar-refractivity contribution is -0.167. The number of rotatable bonds is 3. The molecule has 1 heterocycles. The lowest BCUT2D eigenvalue weighted by Gasteiger charge is -2.03. The zero-order valence-electron chi connectivity index (χ0n) is 8.63. The van der Waals surface area contributed by atoms with Crippen molar-refractivity contribution in [3.05, 3.63) is 5.01 Å². The summed E-state index contributed by atoms with van der Waals surface area (Å²) in [6.07, 6.45) is -4.27. The molecule has 0 atom stereocenters. The standard InChI is InChI=1S/C8H10F3N3OS/c1-4(2)3-5-13-14-7(16-5)12-6(15)8(9,10)11/h4H,3H2,1-2H3,(H,12,14,15). The summed E-state index contributed by atoms with van der Waals surface area (Å²) in [5.41, 5.74) is 0. The number of nitrogens with zero attached hydrogens (tertiary/aromatic N) is 2. The molecule has 0 aromatic carbocycles. The van der Waals surface area contributed by atoms with Crippen LogP contribution in [-0.2, 0) is 11.2 Å². The van der Waals surface area contributed by atoms with E-state index in [1.54, 1.807) is 5.32 Å². The van der Waals surface area contributed by atoms with Gasteiger partial charge in [-0.2, -0.15) is 13.2 Å². The van der Waals surface area contributed by atoms with Gasteiger partial charge in [-0.05, 0) is 5.92 Å². The summed E-state index contributed by atoms with van der Waals surface area (Å²) in [7, 11) is 0. The first-order valence-electron chi connectivity index (χ1n) is 4.49. The summed E-state index contributed by atoms with van der Waals surface area (Å²) in [4.78, 5) is 10.6. The fraction of sp³-hybridized carbons (Fsp3) is 0.625. The average molecular weight is 253 g/mol. The van der Waals surface area contributed by atoms with Crippen LogP contribution in [0.4, 0.5) is 18.3 Å². The van der Waals surface area contributed by atoms with Gasteiger partial charge in [0.05, 0.1) is 0 Å². The van der Waals surface area contributed by atoms with Crippen molar-refractivity contribution >= 4 is 22.4 Å². The van der Waals surface area contributed by atoms with Crippen molar-refractivity contribution in [2.24, 2.45) is 5.92 Å². The van der Waals surface area contributed by atoms with Gasteiger partial charge in [0.15, 0.2) is 0 Å². The molecule has 0 aliphatic rings. The maximum Gasteiger partial charge on any atom is 0.471 e. The molecule has 1 N–H and O–H groups in total. The largest absolute Gasteiger partial charge is 0.471 e. The van der Waals surface area contributed by atoms with Crippen LogP contribution in [-0.4, -0.2) is 22.3 Å². The predicted octanol–water partition coefficient (Wildman–Crippen LogP) is 2.24. The van der Waals surface area contributed by atoms with E-state index in [9.17, 15) is 18.0 Å². The van der Waals surface area contributed by atoms with E-state index in [1.165, 1.54) is 0 Å². The molecular weight excluding hydrogens is 243 g/mol. The van der Waals surface area contributed by atoms with Gasteiger partial charge in [0.25, 0.3) is 0 Å². The molecule has 0 bridgehead atoms. The molecule has 1 amide bonds. The second kappa shape index (κ2) is 4.77. The van der Waals surface area contributed by atoms with Crippen LogP contribution in [0.2, 0.25) is 0 Å². The molecule has 0 unspecified atom stereocenters. The highest BCUT2D eigenvalue weighted by Gasteiger charge is 2.39. The summed E-state index contributed by atoms with van der Waals surface area (Å²) < 4.78 is 35.7. The Labute approximate surface area is 93.9 Å². The Balaban J connectivity index is 2.62. The molecule has 0 saturated heterocycles. The zero-order valence-corrected chi connectivity index (χ0v) is 9.45. The van der Waals surface area contributed by atoms with E-state index in [0.29, 0.717) is 17.3 Å². The predicted molar refractivity (Wildman–Crippen MR) is 53.1 cm³/mol. The summed E-state index contributed by atoms with van der Waals surface area (Å²) >= 11 is 0.951. The Hall–Kier alpha value is -1.18. The number of alkyl halides is 3. The van der Waals surface area contributed by atoms with Gasteiger partial charge >= 0.3 is 12.1 Å². The van der Waals surface area contributed by atoms with Crippen LogP contribution in [0.3, 0.4) is 0 Å².